The van der Waals surface area contributed by atoms with Gasteiger partial charge in [-0.05, 0) is 28.5 Å². The first-order valence-corrected chi connectivity index (χ1v) is 7.73. The number of fused-ring (bicyclic) bond motifs is 1. The standard InChI is InChI=1S/C20H17NO4/c1-24-15-9-10-17(20(21)23)18(12-15)25-19(22)11-14-7-4-6-13-5-2-3-8-16(13)14/h2-10,12H,11H2,1H3,(H2,21,23). The summed E-state index contributed by atoms with van der Waals surface area (Å²) in [4.78, 5) is 23.9. The Labute approximate surface area is 145 Å². The molecule has 3 rings (SSSR count). The summed E-state index contributed by atoms with van der Waals surface area (Å²) >= 11 is 0. The van der Waals surface area contributed by atoms with E-state index in [1.54, 1.807) is 6.07 Å². The minimum Gasteiger partial charge on any atom is -0.497 e. The van der Waals surface area contributed by atoms with E-state index in [-0.39, 0.29) is 17.7 Å². The number of ether oxygens (including phenoxy) is 2. The van der Waals surface area contributed by atoms with Crippen LogP contribution in [0.2, 0.25) is 0 Å². The summed E-state index contributed by atoms with van der Waals surface area (Å²) in [6, 6.07) is 18.1. The van der Waals surface area contributed by atoms with Crippen molar-refractivity contribution in [2.45, 2.75) is 6.42 Å². The number of rotatable bonds is 5. The number of carbonyl (C=O) groups is 2. The lowest BCUT2D eigenvalue weighted by molar-refractivity contribution is -0.133. The summed E-state index contributed by atoms with van der Waals surface area (Å²) in [6.07, 6.45) is 0.0801. The fourth-order valence-electron chi connectivity index (χ4n) is 2.68. The zero-order chi connectivity index (χ0) is 17.8. The van der Waals surface area contributed by atoms with Crippen molar-refractivity contribution in [3.63, 3.8) is 0 Å². The van der Waals surface area contributed by atoms with Gasteiger partial charge in [0.25, 0.3) is 5.91 Å². The van der Waals surface area contributed by atoms with Gasteiger partial charge in [-0.15, -0.1) is 0 Å². The second-order valence-electron chi connectivity index (χ2n) is 5.52. The molecule has 5 nitrogen and oxygen atoms in total. The molecule has 1 amide bonds. The molecule has 0 heterocycles. The third-order valence-electron chi connectivity index (χ3n) is 3.89. The summed E-state index contributed by atoms with van der Waals surface area (Å²) in [5, 5.41) is 2.04. The van der Waals surface area contributed by atoms with Gasteiger partial charge >= 0.3 is 5.97 Å². The van der Waals surface area contributed by atoms with Crippen LogP contribution in [-0.4, -0.2) is 19.0 Å². The molecule has 0 aliphatic rings. The van der Waals surface area contributed by atoms with E-state index in [2.05, 4.69) is 0 Å². The molecule has 0 radical (unpaired) electrons. The Morgan fingerprint density at radius 3 is 2.52 bits per heavy atom. The van der Waals surface area contributed by atoms with Crippen LogP contribution in [0.25, 0.3) is 10.8 Å². The molecule has 3 aromatic carbocycles. The van der Waals surface area contributed by atoms with E-state index in [1.165, 1.54) is 19.2 Å². The number of hydrogen-bond donors (Lipinski definition) is 1. The molecule has 0 spiro atoms. The van der Waals surface area contributed by atoms with Crippen molar-refractivity contribution in [1.82, 2.24) is 0 Å². The molecule has 5 heteroatoms. The number of hydrogen-bond acceptors (Lipinski definition) is 4. The first kappa shape index (κ1) is 16.5. The van der Waals surface area contributed by atoms with E-state index in [0.717, 1.165) is 16.3 Å². The Bertz CT molecular complexity index is 944. The topological polar surface area (TPSA) is 78.6 Å². The predicted molar refractivity (Wildman–Crippen MR) is 94.8 cm³/mol. The third kappa shape index (κ3) is 3.61. The van der Waals surface area contributed by atoms with Gasteiger partial charge in [-0.3, -0.25) is 9.59 Å². The molecule has 0 saturated carbocycles. The Morgan fingerprint density at radius 1 is 1.00 bits per heavy atom. The van der Waals surface area contributed by atoms with Gasteiger partial charge in [0, 0.05) is 6.07 Å². The predicted octanol–water partition coefficient (Wildman–Crippen LogP) is 3.10. The van der Waals surface area contributed by atoms with Gasteiger partial charge in [-0.25, -0.2) is 0 Å². The lowest BCUT2D eigenvalue weighted by atomic mass is 10.0. The zero-order valence-electron chi connectivity index (χ0n) is 13.7. The van der Waals surface area contributed by atoms with Gasteiger partial charge < -0.3 is 15.2 Å². The summed E-state index contributed by atoms with van der Waals surface area (Å²) in [5.41, 5.74) is 6.32. The Balaban J connectivity index is 1.86. The average Bonchev–Trinajstić information content (AvgIpc) is 2.61. The second kappa shape index (κ2) is 7.05. The Hall–Kier alpha value is -3.34. The number of amides is 1. The molecule has 0 fully saturated rings. The van der Waals surface area contributed by atoms with Crippen LogP contribution in [-0.2, 0) is 11.2 Å². The van der Waals surface area contributed by atoms with Crippen molar-refractivity contribution in [3.05, 3.63) is 71.8 Å². The third-order valence-corrected chi connectivity index (χ3v) is 3.89. The minimum atomic E-state index is -0.671. The highest BCUT2D eigenvalue weighted by atomic mass is 16.5. The molecule has 126 valence electrons. The number of carbonyl (C=O) groups excluding carboxylic acids is 2. The SMILES string of the molecule is COc1ccc(C(N)=O)c(OC(=O)Cc2cccc3ccccc23)c1. The first-order valence-electron chi connectivity index (χ1n) is 7.73. The van der Waals surface area contributed by atoms with Gasteiger partial charge in [-0.1, -0.05) is 42.5 Å². The minimum absolute atomic E-state index is 0.0801. The Kier molecular flexibility index (Phi) is 4.66. The maximum atomic E-state index is 12.4. The smallest absolute Gasteiger partial charge is 0.315 e. The lowest BCUT2D eigenvalue weighted by Crippen LogP contribution is -2.17. The molecule has 3 aromatic rings. The van der Waals surface area contributed by atoms with Gasteiger partial charge in [0.15, 0.2) is 0 Å². The molecule has 0 aliphatic carbocycles. The van der Waals surface area contributed by atoms with Crippen LogP contribution in [0, 0.1) is 0 Å². The molecule has 2 N–H and O–H groups in total. The zero-order valence-corrected chi connectivity index (χ0v) is 13.7. The van der Waals surface area contributed by atoms with Gasteiger partial charge in [0.05, 0.1) is 19.1 Å². The Morgan fingerprint density at radius 2 is 1.76 bits per heavy atom. The first-order chi connectivity index (χ1) is 12.1. The van der Waals surface area contributed by atoms with E-state index in [0.29, 0.717) is 5.75 Å². The second-order valence-corrected chi connectivity index (χ2v) is 5.52. The van der Waals surface area contributed by atoms with Crippen LogP contribution in [0.15, 0.2) is 60.7 Å². The van der Waals surface area contributed by atoms with E-state index in [1.807, 2.05) is 42.5 Å². The molecule has 0 atom stereocenters. The fraction of sp³-hybridized carbons (Fsp3) is 0.100. The molecular weight excluding hydrogens is 318 g/mol. The fourth-order valence-corrected chi connectivity index (χ4v) is 2.68. The van der Waals surface area contributed by atoms with E-state index < -0.39 is 11.9 Å². The summed E-state index contributed by atoms with van der Waals surface area (Å²) in [5.74, 6) is -0.585. The van der Waals surface area contributed by atoms with Crippen LogP contribution < -0.4 is 15.2 Å². The van der Waals surface area contributed by atoms with Crippen LogP contribution in [0.1, 0.15) is 15.9 Å². The maximum absolute atomic E-state index is 12.4. The number of nitrogens with two attached hydrogens (primary N) is 1. The molecule has 0 bridgehead atoms. The molecule has 0 aliphatic heterocycles. The number of benzene rings is 3. The van der Waals surface area contributed by atoms with Crippen LogP contribution in [0.5, 0.6) is 11.5 Å². The van der Waals surface area contributed by atoms with Crippen molar-refractivity contribution in [2.75, 3.05) is 7.11 Å². The van der Waals surface area contributed by atoms with Crippen molar-refractivity contribution >= 4 is 22.6 Å². The van der Waals surface area contributed by atoms with E-state index >= 15 is 0 Å². The van der Waals surface area contributed by atoms with E-state index in [9.17, 15) is 9.59 Å². The van der Waals surface area contributed by atoms with Gasteiger partial charge in [-0.2, -0.15) is 0 Å². The van der Waals surface area contributed by atoms with Crippen LogP contribution in [0.3, 0.4) is 0 Å². The average molecular weight is 335 g/mol. The van der Waals surface area contributed by atoms with Crippen molar-refractivity contribution in [3.8, 4) is 11.5 Å². The molecule has 0 aromatic heterocycles. The highest BCUT2D eigenvalue weighted by Gasteiger charge is 2.15. The van der Waals surface area contributed by atoms with Crippen LogP contribution >= 0.6 is 0 Å². The van der Waals surface area contributed by atoms with Crippen molar-refractivity contribution in [1.29, 1.82) is 0 Å². The van der Waals surface area contributed by atoms with Gasteiger partial charge in [0.1, 0.15) is 11.5 Å². The number of esters is 1. The quantitative estimate of drug-likeness (QED) is 0.574. The normalized spacial score (nSPS) is 10.4. The summed E-state index contributed by atoms with van der Waals surface area (Å²) < 4.78 is 10.5. The maximum Gasteiger partial charge on any atom is 0.315 e. The lowest BCUT2D eigenvalue weighted by Gasteiger charge is -2.11. The van der Waals surface area contributed by atoms with Gasteiger partial charge in [0.2, 0.25) is 0 Å². The molecule has 0 saturated heterocycles. The summed E-state index contributed by atoms with van der Waals surface area (Å²) in [7, 11) is 1.49. The molecule has 0 unspecified atom stereocenters. The number of primary amides is 1. The monoisotopic (exact) mass is 335 g/mol. The van der Waals surface area contributed by atoms with Crippen molar-refractivity contribution < 1.29 is 19.1 Å². The largest absolute Gasteiger partial charge is 0.497 e. The highest BCUT2D eigenvalue weighted by Crippen LogP contribution is 2.26. The van der Waals surface area contributed by atoms with E-state index in [4.69, 9.17) is 15.2 Å². The molecule has 25 heavy (non-hydrogen) atoms. The summed E-state index contributed by atoms with van der Waals surface area (Å²) in [6.45, 7) is 0. The van der Waals surface area contributed by atoms with Crippen LogP contribution in [0.4, 0.5) is 0 Å². The molecular formula is C20H17NO4. The number of methoxy groups -OCH3 is 1. The van der Waals surface area contributed by atoms with Crippen molar-refractivity contribution in [2.24, 2.45) is 5.73 Å². The highest BCUT2D eigenvalue weighted by molar-refractivity contribution is 5.97.